The Labute approximate surface area is 172 Å². The highest BCUT2D eigenvalue weighted by Gasteiger charge is 2.26. The number of hydrogen-bond donors (Lipinski definition) is 2. The van der Waals surface area contributed by atoms with E-state index >= 15 is 0 Å². The molecule has 2 N–H and O–H groups in total. The predicted molar refractivity (Wildman–Crippen MR) is 115 cm³/mol. The molecule has 0 bridgehead atoms. The molecule has 0 unspecified atom stereocenters. The molecule has 3 aromatic rings. The van der Waals surface area contributed by atoms with Crippen LogP contribution in [0.2, 0.25) is 0 Å². The highest BCUT2D eigenvalue weighted by Crippen LogP contribution is 2.34. The summed E-state index contributed by atoms with van der Waals surface area (Å²) in [5, 5.41) is 10.1. The van der Waals surface area contributed by atoms with Gasteiger partial charge in [-0.2, -0.15) is 11.3 Å². The topological polar surface area (TPSA) is 79.4 Å². The minimum absolute atomic E-state index is 0.166. The Balaban J connectivity index is 1.36. The van der Waals surface area contributed by atoms with Crippen LogP contribution in [0.1, 0.15) is 5.56 Å². The first-order valence-electron chi connectivity index (χ1n) is 9.38. The van der Waals surface area contributed by atoms with E-state index < -0.39 is 0 Å². The molecule has 3 aromatic heterocycles. The zero-order valence-electron chi connectivity index (χ0n) is 15.6. The number of thiophene rings is 1. The fraction of sp³-hybridized carbons (Fsp3) is 0.190. The number of nitrogens with zero attached hydrogens (tertiary/aromatic N) is 3. The van der Waals surface area contributed by atoms with Gasteiger partial charge in [-0.15, -0.1) is 0 Å². The maximum atomic E-state index is 12.4. The van der Waals surface area contributed by atoms with Crippen molar-refractivity contribution in [2.45, 2.75) is 0 Å². The molecular formula is C21H19N5O2S. The van der Waals surface area contributed by atoms with Crippen molar-refractivity contribution >= 4 is 40.1 Å². The lowest BCUT2D eigenvalue weighted by molar-refractivity contribution is -0.110. The number of amides is 1. The molecule has 0 radical (unpaired) electrons. The van der Waals surface area contributed by atoms with Gasteiger partial charge in [0, 0.05) is 36.6 Å². The number of anilines is 3. The van der Waals surface area contributed by atoms with Gasteiger partial charge < -0.3 is 20.3 Å². The fourth-order valence-corrected chi connectivity index (χ4v) is 4.07. The highest BCUT2D eigenvalue weighted by atomic mass is 32.1. The van der Waals surface area contributed by atoms with E-state index in [1.165, 1.54) is 0 Å². The van der Waals surface area contributed by atoms with Crippen molar-refractivity contribution in [3.63, 3.8) is 0 Å². The summed E-state index contributed by atoms with van der Waals surface area (Å²) in [6.07, 6.45) is 5.27. The molecule has 146 valence electrons. The summed E-state index contributed by atoms with van der Waals surface area (Å²) in [7, 11) is 0. The molecule has 29 heavy (non-hydrogen) atoms. The Kier molecular flexibility index (Phi) is 4.71. The lowest BCUT2D eigenvalue weighted by Gasteiger charge is -2.27. The van der Waals surface area contributed by atoms with Crippen LogP contribution in [0.15, 0.2) is 53.6 Å². The van der Waals surface area contributed by atoms with Crippen molar-refractivity contribution in [1.29, 1.82) is 0 Å². The van der Waals surface area contributed by atoms with Crippen molar-refractivity contribution in [3.05, 3.63) is 59.2 Å². The summed E-state index contributed by atoms with van der Waals surface area (Å²) in [5.41, 5.74) is 4.26. The average Bonchev–Trinajstić information content (AvgIpc) is 3.40. The van der Waals surface area contributed by atoms with Gasteiger partial charge in [0.25, 0.3) is 5.91 Å². The zero-order chi connectivity index (χ0) is 19.6. The average molecular weight is 405 g/mol. The minimum atomic E-state index is -0.166. The first kappa shape index (κ1) is 17.8. The van der Waals surface area contributed by atoms with E-state index in [9.17, 15) is 4.79 Å². The Morgan fingerprint density at radius 3 is 2.79 bits per heavy atom. The summed E-state index contributed by atoms with van der Waals surface area (Å²) in [4.78, 5) is 23.6. The summed E-state index contributed by atoms with van der Waals surface area (Å²) >= 11 is 1.63. The van der Waals surface area contributed by atoms with Crippen LogP contribution >= 0.6 is 11.3 Å². The number of ether oxygens (including phenoxy) is 1. The number of morpholine rings is 1. The Hall–Kier alpha value is -3.23. The second kappa shape index (κ2) is 7.65. The van der Waals surface area contributed by atoms with Gasteiger partial charge in [-0.25, -0.2) is 9.97 Å². The van der Waals surface area contributed by atoms with Crippen molar-refractivity contribution in [1.82, 2.24) is 9.97 Å². The van der Waals surface area contributed by atoms with Crippen molar-refractivity contribution in [2.24, 2.45) is 0 Å². The number of pyridine rings is 2. The van der Waals surface area contributed by atoms with E-state index in [0.717, 1.165) is 54.5 Å². The molecule has 1 saturated heterocycles. The van der Waals surface area contributed by atoms with Crippen LogP contribution in [0.5, 0.6) is 0 Å². The van der Waals surface area contributed by atoms with Crippen molar-refractivity contribution < 1.29 is 9.53 Å². The van der Waals surface area contributed by atoms with Gasteiger partial charge in [0.2, 0.25) is 0 Å². The van der Waals surface area contributed by atoms with Crippen LogP contribution in [-0.4, -0.2) is 42.2 Å². The summed E-state index contributed by atoms with van der Waals surface area (Å²) in [6.45, 7) is 3.15. The van der Waals surface area contributed by atoms with Crippen LogP contribution in [0.3, 0.4) is 0 Å². The van der Waals surface area contributed by atoms with E-state index in [-0.39, 0.29) is 5.91 Å². The molecule has 0 aromatic carbocycles. The van der Waals surface area contributed by atoms with Crippen molar-refractivity contribution in [2.75, 3.05) is 41.8 Å². The van der Waals surface area contributed by atoms with Crippen LogP contribution in [0.25, 0.3) is 16.7 Å². The molecule has 5 rings (SSSR count). The van der Waals surface area contributed by atoms with E-state index in [1.54, 1.807) is 29.9 Å². The third kappa shape index (κ3) is 3.59. The SMILES string of the molecule is O=C1Nc2ncc(-c3ccsc3)cc2/C1=C/Nc1ccc(N2CCOCC2)nc1. The van der Waals surface area contributed by atoms with Gasteiger partial charge >= 0.3 is 0 Å². The number of hydrogen-bond acceptors (Lipinski definition) is 7. The molecule has 1 amide bonds. The second-order valence-electron chi connectivity index (χ2n) is 6.79. The number of rotatable bonds is 4. The monoisotopic (exact) mass is 405 g/mol. The normalized spacial score (nSPS) is 17.3. The Morgan fingerprint density at radius 2 is 2.03 bits per heavy atom. The largest absolute Gasteiger partial charge is 0.378 e. The summed E-state index contributed by atoms with van der Waals surface area (Å²) < 4.78 is 5.38. The third-order valence-electron chi connectivity index (χ3n) is 4.98. The molecule has 0 saturated carbocycles. The first-order valence-corrected chi connectivity index (χ1v) is 10.3. The third-order valence-corrected chi connectivity index (χ3v) is 5.66. The fourth-order valence-electron chi connectivity index (χ4n) is 3.40. The van der Waals surface area contributed by atoms with Crippen LogP contribution in [-0.2, 0) is 9.53 Å². The highest BCUT2D eigenvalue weighted by molar-refractivity contribution is 7.08. The van der Waals surface area contributed by atoms with E-state index in [4.69, 9.17) is 4.74 Å². The number of carbonyl (C=O) groups excluding carboxylic acids is 1. The molecule has 0 atom stereocenters. The summed E-state index contributed by atoms with van der Waals surface area (Å²) in [6, 6.07) is 7.98. The quantitative estimate of drug-likeness (QED) is 0.648. The molecule has 0 aliphatic carbocycles. The molecule has 1 fully saturated rings. The lowest BCUT2D eigenvalue weighted by Crippen LogP contribution is -2.36. The lowest BCUT2D eigenvalue weighted by atomic mass is 10.1. The number of fused-ring (bicyclic) bond motifs is 1. The zero-order valence-corrected chi connectivity index (χ0v) is 16.4. The van der Waals surface area contributed by atoms with Gasteiger partial charge in [-0.3, -0.25) is 4.79 Å². The smallest absolute Gasteiger partial charge is 0.259 e. The van der Waals surface area contributed by atoms with Crippen LogP contribution < -0.4 is 15.5 Å². The molecule has 5 heterocycles. The van der Waals surface area contributed by atoms with Crippen LogP contribution in [0.4, 0.5) is 17.3 Å². The van der Waals surface area contributed by atoms with E-state index in [1.807, 2.05) is 29.6 Å². The van der Waals surface area contributed by atoms with E-state index in [0.29, 0.717) is 11.4 Å². The van der Waals surface area contributed by atoms with Crippen LogP contribution in [0, 0.1) is 0 Å². The standard InChI is InChI=1S/C21H19N5O2S/c27-21-18(17-9-15(10-24-20(17)25-21)14-3-8-29-13-14)12-22-16-1-2-19(23-11-16)26-4-6-28-7-5-26/h1-3,8-13,22H,4-7H2,(H,24,25,27)/b18-12-. The van der Waals surface area contributed by atoms with Gasteiger partial charge in [-0.05, 0) is 40.6 Å². The van der Waals surface area contributed by atoms with Gasteiger partial charge in [0.1, 0.15) is 11.6 Å². The molecule has 7 nitrogen and oxygen atoms in total. The van der Waals surface area contributed by atoms with Gasteiger partial charge in [-0.1, -0.05) is 0 Å². The maximum absolute atomic E-state index is 12.4. The minimum Gasteiger partial charge on any atom is -0.378 e. The van der Waals surface area contributed by atoms with Crippen molar-refractivity contribution in [3.8, 4) is 11.1 Å². The molecule has 0 spiro atoms. The molecule has 2 aliphatic rings. The molecule has 2 aliphatic heterocycles. The maximum Gasteiger partial charge on any atom is 0.259 e. The second-order valence-corrected chi connectivity index (χ2v) is 7.57. The van der Waals surface area contributed by atoms with Gasteiger partial charge in [0.05, 0.1) is 30.7 Å². The van der Waals surface area contributed by atoms with Gasteiger partial charge in [0.15, 0.2) is 0 Å². The Morgan fingerprint density at radius 1 is 1.14 bits per heavy atom. The number of aromatic nitrogens is 2. The van der Waals surface area contributed by atoms with E-state index in [2.05, 4.69) is 30.9 Å². The summed E-state index contributed by atoms with van der Waals surface area (Å²) in [5.74, 6) is 1.35. The number of carbonyl (C=O) groups is 1. The Bertz CT molecular complexity index is 1060. The first-order chi connectivity index (χ1) is 14.3. The predicted octanol–water partition coefficient (Wildman–Crippen LogP) is 3.45. The number of nitrogens with one attached hydrogen (secondary N) is 2. The molecule has 8 heteroatoms. The molecular weight excluding hydrogens is 386 g/mol.